The Morgan fingerprint density at radius 2 is 1.84 bits per heavy atom. The lowest BCUT2D eigenvalue weighted by Crippen LogP contribution is -2.37. The summed E-state index contributed by atoms with van der Waals surface area (Å²) in [4.78, 5) is 27.5. The molecule has 1 aliphatic rings. The van der Waals surface area contributed by atoms with Crippen LogP contribution in [0.2, 0.25) is 5.02 Å². The van der Waals surface area contributed by atoms with Crippen LogP contribution >= 0.6 is 11.6 Å². The van der Waals surface area contributed by atoms with E-state index in [0.29, 0.717) is 47.0 Å². The van der Waals surface area contributed by atoms with Gasteiger partial charge in [-0.15, -0.1) is 0 Å². The molecule has 0 aliphatic carbocycles. The number of hydrogen-bond acceptors (Lipinski definition) is 3. The molecule has 1 fully saturated rings. The largest absolute Gasteiger partial charge is 0.367 e. The molecule has 164 valence electrons. The topological polar surface area (TPSA) is 61.4 Å². The lowest BCUT2D eigenvalue weighted by Gasteiger charge is -2.20. The van der Waals surface area contributed by atoms with Gasteiger partial charge in [-0.1, -0.05) is 41.4 Å². The van der Waals surface area contributed by atoms with Gasteiger partial charge < -0.3 is 15.5 Å². The number of aryl methyl sites for hydroxylation is 1. The van der Waals surface area contributed by atoms with Gasteiger partial charge in [-0.05, 0) is 55.8 Å². The third-order valence-electron chi connectivity index (χ3n) is 5.47. The van der Waals surface area contributed by atoms with Gasteiger partial charge in [-0.25, -0.2) is 4.39 Å². The van der Waals surface area contributed by atoms with Crippen LogP contribution in [0.15, 0.2) is 66.7 Å². The van der Waals surface area contributed by atoms with E-state index in [1.807, 2.05) is 24.0 Å². The van der Waals surface area contributed by atoms with Crippen molar-refractivity contribution < 1.29 is 14.0 Å². The monoisotopic (exact) mass is 451 g/mol. The van der Waals surface area contributed by atoms with Crippen molar-refractivity contribution in [3.05, 3.63) is 94.3 Å². The van der Waals surface area contributed by atoms with Crippen LogP contribution in [0.25, 0.3) is 0 Å². The minimum absolute atomic E-state index is 0.141. The van der Waals surface area contributed by atoms with Crippen molar-refractivity contribution in [1.82, 2.24) is 5.32 Å². The predicted molar refractivity (Wildman–Crippen MR) is 125 cm³/mol. The van der Waals surface area contributed by atoms with Gasteiger partial charge in [-0.3, -0.25) is 9.59 Å². The summed E-state index contributed by atoms with van der Waals surface area (Å²) in [5.41, 5.74) is 2.79. The van der Waals surface area contributed by atoms with E-state index < -0.39 is 0 Å². The smallest absolute Gasteiger partial charge is 0.255 e. The summed E-state index contributed by atoms with van der Waals surface area (Å²) in [5, 5.41) is 6.19. The van der Waals surface area contributed by atoms with Crippen molar-refractivity contribution in [1.29, 1.82) is 0 Å². The van der Waals surface area contributed by atoms with Crippen molar-refractivity contribution in [3.8, 4) is 0 Å². The predicted octanol–water partition coefficient (Wildman–Crippen LogP) is 5.05. The number of rotatable bonds is 5. The van der Waals surface area contributed by atoms with Crippen LogP contribution in [0.4, 0.5) is 15.8 Å². The first-order chi connectivity index (χ1) is 15.4. The Bertz CT molecular complexity index is 1170. The molecule has 1 unspecified atom stereocenters. The maximum atomic E-state index is 14.2. The van der Waals surface area contributed by atoms with Gasteiger partial charge in [0.05, 0.1) is 16.9 Å². The van der Waals surface area contributed by atoms with E-state index in [9.17, 15) is 14.0 Å². The summed E-state index contributed by atoms with van der Waals surface area (Å²) in [7, 11) is 0. The molecule has 2 N–H and O–H groups in total. The highest BCUT2D eigenvalue weighted by Crippen LogP contribution is 2.26. The fraction of sp³-hybridized carbons (Fsp3) is 0.200. The first-order valence-corrected chi connectivity index (χ1v) is 10.8. The van der Waals surface area contributed by atoms with Crippen LogP contribution in [0.5, 0.6) is 0 Å². The molecule has 0 saturated carbocycles. The molecule has 0 spiro atoms. The molecule has 0 bridgehead atoms. The van der Waals surface area contributed by atoms with Gasteiger partial charge in [0.2, 0.25) is 0 Å². The SMILES string of the molecule is Cc1cccc(C(=O)Nc2ccccc2C(=O)NC2CCN(c3ccc(Cl)cc3F)C2)c1. The first kappa shape index (κ1) is 21.8. The Morgan fingerprint density at radius 3 is 2.62 bits per heavy atom. The number of benzene rings is 3. The second-order valence-electron chi connectivity index (χ2n) is 7.87. The molecule has 1 saturated heterocycles. The normalized spacial score (nSPS) is 15.5. The molecule has 7 heteroatoms. The minimum Gasteiger partial charge on any atom is -0.367 e. The van der Waals surface area contributed by atoms with E-state index >= 15 is 0 Å². The standard InChI is InChI=1S/C25H23ClFN3O2/c1-16-5-4-6-17(13-16)24(31)29-22-8-3-2-7-20(22)25(32)28-19-11-12-30(15-19)23-10-9-18(26)14-21(23)27/h2-10,13-14,19H,11-12,15H2,1H3,(H,28,32)(H,29,31). The van der Waals surface area contributed by atoms with Crippen molar-refractivity contribution >= 4 is 34.8 Å². The fourth-order valence-corrected chi connectivity index (χ4v) is 4.03. The lowest BCUT2D eigenvalue weighted by atomic mass is 10.1. The Labute approximate surface area is 191 Å². The molecule has 32 heavy (non-hydrogen) atoms. The molecule has 3 aromatic carbocycles. The van der Waals surface area contributed by atoms with E-state index in [4.69, 9.17) is 11.6 Å². The number of halogens is 2. The van der Waals surface area contributed by atoms with Crippen molar-refractivity contribution in [2.24, 2.45) is 0 Å². The summed E-state index contributed by atoms with van der Waals surface area (Å²) in [6, 6.07) is 18.6. The van der Waals surface area contributed by atoms with Gasteiger partial charge in [0.15, 0.2) is 0 Å². The highest BCUT2D eigenvalue weighted by atomic mass is 35.5. The third kappa shape index (κ3) is 4.92. The van der Waals surface area contributed by atoms with Crippen molar-refractivity contribution in [2.45, 2.75) is 19.4 Å². The van der Waals surface area contributed by atoms with Crippen LogP contribution in [-0.2, 0) is 0 Å². The van der Waals surface area contributed by atoms with Crippen LogP contribution in [0.3, 0.4) is 0 Å². The molecular formula is C25H23ClFN3O2. The molecule has 0 radical (unpaired) electrons. The quantitative estimate of drug-likeness (QED) is 0.570. The molecule has 2 amide bonds. The zero-order valence-corrected chi connectivity index (χ0v) is 18.3. The first-order valence-electron chi connectivity index (χ1n) is 10.4. The maximum Gasteiger partial charge on any atom is 0.255 e. The van der Waals surface area contributed by atoms with Gasteiger partial charge in [0.25, 0.3) is 11.8 Å². The van der Waals surface area contributed by atoms with Gasteiger partial charge >= 0.3 is 0 Å². The van der Waals surface area contributed by atoms with E-state index in [2.05, 4.69) is 10.6 Å². The van der Waals surface area contributed by atoms with E-state index in [1.165, 1.54) is 6.07 Å². The average molecular weight is 452 g/mol. The molecule has 5 nitrogen and oxygen atoms in total. The highest BCUT2D eigenvalue weighted by Gasteiger charge is 2.27. The molecule has 4 rings (SSSR count). The highest BCUT2D eigenvalue weighted by molar-refractivity contribution is 6.30. The van der Waals surface area contributed by atoms with E-state index in [1.54, 1.807) is 48.5 Å². The summed E-state index contributed by atoms with van der Waals surface area (Å²) in [6.07, 6.45) is 0.686. The van der Waals surface area contributed by atoms with E-state index in [0.717, 1.165) is 5.56 Å². The number of nitrogens with one attached hydrogen (secondary N) is 2. The van der Waals surface area contributed by atoms with E-state index in [-0.39, 0.29) is 23.7 Å². The molecular weight excluding hydrogens is 429 g/mol. The van der Waals surface area contributed by atoms with Gasteiger partial charge in [-0.2, -0.15) is 0 Å². The fourth-order valence-electron chi connectivity index (χ4n) is 3.87. The summed E-state index contributed by atoms with van der Waals surface area (Å²) in [6.45, 7) is 3.02. The summed E-state index contributed by atoms with van der Waals surface area (Å²) >= 11 is 5.84. The van der Waals surface area contributed by atoms with Crippen LogP contribution < -0.4 is 15.5 Å². The number of anilines is 2. The van der Waals surface area contributed by atoms with Crippen LogP contribution in [0, 0.1) is 12.7 Å². The molecule has 1 heterocycles. The molecule has 3 aromatic rings. The average Bonchev–Trinajstić information content (AvgIpc) is 3.22. The molecule has 0 aromatic heterocycles. The Balaban J connectivity index is 1.44. The van der Waals surface area contributed by atoms with Crippen molar-refractivity contribution in [3.63, 3.8) is 0 Å². The van der Waals surface area contributed by atoms with Gasteiger partial charge in [0.1, 0.15) is 5.82 Å². The number of carbonyl (C=O) groups excluding carboxylic acids is 2. The van der Waals surface area contributed by atoms with Crippen LogP contribution in [0.1, 0.15) is 32.7 Å². The number of amides is 2. The zero-order chi connectivity index (χ0) is 22.7. The lowest BCUT2D eigenvalue weighted by molar-refractivity contribution is 0.0941. The second-order valence-corrected chi connectivity index (χ2v) is 8.31. The zero-order valence-electron chi connectivity index (χ0n) is 17.6. The second kappa shape index (κ2) is 9.40. The molecule has 1 aliphatic heterocycles. The number of para-hydroxylation sites is 1. The van der Waals surface area contributed by atoms with Gasteiger partial charge in [0, 0.05) is 29.7 Å². The number of carbonyl (C=O) groups is 2. The maximum absolute atomic E-state index is 14.2. The minimum atomic E-state index is -0.381. The summed E-state index contributed by atoms with van der Waals surface area (Å²) in [5.74, 6) is -0.943. The Hall–Kier alpha value is -3.38. The Morgan fingerprint density at radius 1 is 1.03 bits per heavy atom. The summed E-state index contributed by atoms with van der Waals surface area (Å²) < 4.78 is 14.2. The van der Waals surface area contributed by atoms with Crippen molar-refractivity contribution in [2.75, 3.05) is 23.3 Å². The number of hydrogen-bond donors (Lipinski definition) is 2. The van der Waals surface area contributed by atoms with Crippen LogP contribution in [-0.4, -0.2) is 30.9 Å². The Kier molecular flexibility index (Phi) is 6.42. The number of nitrogens with zero attached hydrogens (tertiary/aromatic N) is 1. The third-order valence-corrected chi connectivity index (χ3v) is 5.71. The molecule has 1 atom stereocenters.